The Morgan fingerprint density at radius 3 is 2.87 bits per heavy atom. The van der Waals surface area contributed by atoms with Crippen LogP contribution >= 0.6 is 0 Å². The number of nitrogens with zero attached hydrogens (tertiary/aromatic N) is 5. The predicted octanol–water partition coefficient (Wildman–Crippen LogP) is 5.71. The summed E-state index contributed by atoms with van der Waals surface area (Å²) in [6.07, 6.45) is 6.16. The number of ether oxygens (including phenoxy) is 3. The number of pyridine rings is 1. The van der Waals surface area contributed by atoms with Crippen molar-refractivity contribution in [3.05, 3.63) is 93.6 Å². The monoisotopic (exact) mass is 607 g/mol. The number of nitriles is 1. The molecule has 2 aliphatic heterocycles. The van der Waals surface area contributed by atoms with Crippen LogP contribution in [-0.2, 0) is 39.2 Å². The standard InChI is InChI=1S/C36H41N5O4/c1-5-32-29(33(42)17-37)18-38-41(32)34-11-7-10-31(39-34)28-9-6-8-24(2)35(28)45-21-25-12-13-26-19-40(20-27-22-43-14-15-44-27)23-36(3,4)30(26)16-25/h7,9-13,16,18,27H,5-6,8,14-15,19-23H2,1-4H3. The molecule has 1 aliphatic carbocycles. The molecule has 0 bridgehead atoms. The van der Waals surface area contributed by atoms with Gasteiger partial charge in [-0.15, -0.1) is 0 Å². The summed E-state index contributed by atoms with van der Waals surface area (Å²) in [7, 11) is 0. The van der Waals surface area contributed by atoms with E-state index in [4.69, 9.17) is 24.5 Å². The fourth-order valence-electron chi connectivity index (χ4n) is 6.78. The SMILES string of the molecule is CCc1c(C(=O)C#N)cnn1-c1cccc(C2=CCCC(C)=C2OCc2ccc3c(c2)C(C)(C)CN(CC2COCCO2)C3)n1. The van der Waals surface area contributed by atoms with Gasteiger partial charge in [0.25, 0.3) is 5.78 Å². The van der Waals surface area contributed by atoms with Crippen molar-refractivity contribution in [1.82, 2.24) is 19.7 Å². The summed E-state index contributed by atoms with van der Waals surface area (Å²) < 4.78 is 19.8. The number of allylic oxidation sites excluding steroid dienone is 3. The van der Waals surface area contributed by atoms with Crippen LogP contribution in [0.15, 0.2) is 60.0 Å². The molecule has 234 valence electrons. The summed E-state index contributed by atoms with van der Waals surface area (Å²) in [4.78, 5) is 19.6. The lowest BCUT2D eigenvalue weighted by molar-refractivity contribution is -0.0999. The van der Waals surface area contributed by atoms with Crippen molar-refractivity contribution in [1.29, 1.82) is 5.26 Å². The van der Waals surface area contributed by atoms with Crippen molar-refractivity contribution < 1.29 is 19.0 Å². The van der Waals surface area contributed by atoms with Crippen LogP contribution in [0.2, 0.25) is 0 Å². The zero-order valence-electron chi connectivity index (χ0n) is 26.6. The van der Waals surface area contributed by atoms with Crippen molar-refractivity contribution in [2.24, 2.45) is 0 Å². The Bertz CT molecular complexity index is 1690. The maximum absolute atomic E-state index is 12.1. The highest BCUT2D eigenvalue weighted by Crippen LogP contribution is 2.36. The third-order valence-corrected chi connectivity index (χ3v) is 8.92. The van der Waals surface area contributed by atoms with E-state index in [1.807, 2.05) is 25.1 Å². The molecule has 2 aromatic heterocycles. The molecule has 3 aliphatic rings. The first-order chi connectivity index (χ1) is 21.8. The minimum atomic E-state index is -0.592. The average molecular weight is 608 g/mol. The van der Waals surface area contributed by atoms with E-state index >= 15 is 0 Å². The van der Waals surface area contributed by atoms with Gasteiger partial charge >= 0.3 is 0 Å². The van der Waals surface area contributed by atoms with Gasteiger partial charge in [-0.05, 0) is 60.6 Å². The lowest BCUT2D eigenvalue weighted by Crippen LogP contribution is -2.47. The highest BCUT2D eigenvalue weighted by atomic mass is 16.6. The van der Waals surface area contributed by atoms with E-state index in [2.05, 4.69) is 55.0 Å². The Labute approximate surface area is 265 Å². The van der Waals surface area contributed by atoms with Crippen molar-refractivity contribution in [2.75, 3.05) is 32.9 Å². The number of carbonyl (C=O) groups excluding carboxylic acids is 1. The minimum absolute atomic E-state index is 0.00385. The van der Waals surface area contributed by atoms with Crippen LogP contribution < -0.4 is 0 Å². The summed E-state index contributed by atoms with van der Waals surface area (Å²) in [5, 5.41) is 13.6. The smallest absolute Gasteiger partial charge is 0.265 e. The number of hydrogen-bond acceptors (Lipinski definition) is 8. The Morgan fingerprint density at radius 2 is 2.09 bits per heavy atom. The molecule has 9 heteroatoms. The molecule has 9 nitrogen and oxygen atoms in total. The molecule has 0 saturated carbocycles. The van der Waals surface area contributed by atoms with Gasteiger partial charge in [-0.3, -0.25) is 9.69 Å². The van der Waals surface area contributed by atoms with Crippen LogP contribution in [0, 0.1) is 11.3 Å². The van der Waals surface area contributed by atoms with Crippen LogP contribution in [0.1, 0.15) is 79.0 Å². The van der Waals surface area contributed by atoms with Gasteiger partial charge in [0, 0.05) is 30.6 Å². The highest BCUT2D eigenvalue weighted by Gasteiger charge is 2.33. The number of fused-ring (bicyclic) bond motifs is 1. The minimum Gasteiger partial charge on any atom is -0.488 e. The van der Waals surface area contributed by atoms with Gasteiger partial charge in [-0.25, -0.2) is 9.67 Å². The molecule has 1 unspecified atom stereocenters. The van der Waals surface area contributed by atoms with E-state index in [1.165, 1.54) is 22.9 Å². The second kappa shape index (κ2) is 13.1. The number of benzene rings is 1. The Hall–Kier alpha value is -4.10. The van der Waals surface area contributed by atoms with E-state index in [1.54, 1.807) is 10.8 Å². The molecule has 45 heavy (non-hydrogen) atoms. The zero-order valence-corrected chi connectivity index (χ0v) is 26.6. The second-order valence-corrected chi connectivity index (χ2v) is 12.8. The highest BCUT2D eigenvalue weighted by molar-refractivity contribution is 6.08. The summed E-state index contributed by atoms with van der Waals surface area (Å²) in [6.45, 7) is 13.9. The number of ketones is 1. The van der Waals surface area contributed by atoms with Gasteiger partial charge in [0.2, 0.25) is 0 Å². The largest absolute Gasteiger partial charge is 0.488 e. The molecule has 6 rings (SSSR count). The molecule has 0 spiro atoms. The number of aromatic nitrogens is 3. The Morgan fingerprint density at radius 1 is 1.22 bits per heavy atom. The molecule has 1 fully saturated rings. The third kappa shape index (κ3) is 6.50. The van der Waals surface area contributed by atoms with E-state index in [9.17, 15) is 4.79 Å². The molecular weight excluding hydrogens is 566 g/mol. The van der Waals surface area contributed by atoms with Crippen LogP contribution in [0.25, 0.3) is 11.4 Å². The molecule has 0 radical (unpaired) electrons. The summed E-state index contributed by atoms with van der Waals surface area (Å²) in [5.74, 6) is 0.865. The molecule has 0 amide bonds. The van der Waals surface area contributed by atoms with E-state index in [0.29, 0.717) is 49.9 Å². The lowest BCUT2D eigenvalue weighted by atomic mass is 9.77. The molecular formula is C36H41N5O4. The first-order valence-corrected chi connectivity index (χ1v) is 15.8. The van der Waals surface area contributed by atoms with Gasteiger partial charge in [-0.2, -0.15) is 10.4 Å². The average Bonchev–Trinajstić information content (AvgIpc) is 3.48. The molecule has 1 saturated heterocycles. The first-order valence-electron chi connectivity index (χ1n) is 15.8. The normalized spacial score (nSPS) is 19.9. The molecule has 1 aromatic carbocycles. The summed E-state index contributed by atoms with van der Waals surface area (Å²) >= 11 is 0. The van der Waals surface area contributed by atoms with Crippen molar-refractivity contribution in [2.45, 2.75) is 71.6 Å². The van der Waals surface area contributed by atoms with Crippen LogP contribution in [-0.4, -0.2) is 64.5 Å². The van der Waals surface area contributed by atoms with E-state index < -0.39 is 5.78 Å². The van der Waals surface area contributed by atoms with Gasteiger partial charge in [0.05, 0.1) is 49.1 Å². The van der Waals surface area contributed by atoms with Crippen LogP contribution in [0.3, 0.4) is 0 Å². The van der Waals surface area contributed by atoms with Crippen LogP contribution in [0.5, 0.6) is 0 Å². The van der Waals surface area contributed by atoms with Crippen molar-refractivity contribution >= 4 is 11.4 Å². The number of carbonyl (C=O) groups is 1. The summed E-state index contributed by atoms with van der Waals surface area (Å²) in [5.41, 5.74) is 7.79. The molecule has 3 aromatic rings. The zero-order chi connectivity index (χ0) is 31.6. The van der Waals surface area contributed by atoms with E-state index in [-0.39, 0.29) is 11.5 Å². The maximum Gasteiger partial charge on any atom is 0.265 e. The van der Waals surface area contributed by atoms with Gasteiger partial charge in [0.1, 0.15) is 18.4 Å². The number of rotatable bonds is 9. The van der Waals surface area contributed by atoms with Gasteiger partial charge in [0.15, 0.2) is 5.82 Å². The molecule has 1 atom stereocenters. The fourth-order valence-corrected chi connectivity index (χ4v) is 6.78. The summed E-state index contributed by atoms with van der Waals surface area (Å²) in [6, 6.07) is 14.2. The van der Waals surface area contributed by atoms with Crippen molar-refractivity contribution in [3.8, 4) is 11.9 Å². The molecule has 4 heterocycles. The topological polar surface area (TPSA) is 102 Å². The van der Waals surface area contributed by atoms with Crippen molar-refractivity contribution in [3.63, 3.8) is 0 Å². The Kier molecular flexibility index (Phi) is 8.99. The third-order valence-electron chi connectivity index (χ3n) is 8.92. The Balaban J connectivity index is 1.20. The van der Waals surface area contributed by atoms with E-state index in [0.717, 1.165) is 55.1 Å². The quantitative estimate of drug-likeness (QED) is 0.225. The maximum atomic E-state index is 12.1. The first kappa shape index (κ1) is 30.9. The van der Waals surface area contributed by atoms with Gasteiger partial charge in [-0.1, -0.05) is 51.1 Å². The number of hydrogen-bond donors (Lipinski definition) is 0. The lowest BCUT2D eigenvalue weighted by Gasteiger charge is -2.41. The fraction of sp³-hybridized carbons (Fsp3) is 0.444. The predicted molar refractivity (Wildman–Crippen MR) is 171 cm³/mol. The second-order valence-electron chi connectivity index (χ2n) is 12.8. The molecule has 0 N–H and O–H groups in total. The van der Waals surface area contributed by atoms with Gasteiger partial charge < -0.3 is 14.2 Å². The van der Waals surface area contributed by atoms with Crippen LogP contribution in [0.4, 0.5) is 0 Å². The number of Topliss-reactive ketones (excluding diaryl/α,β-unsaturated/α-hetero) is 1.